The quantitative estimate of drug-likeness (QED) is 0.613. The molecule has 2 atom stereocenters. The maximum Gasteiger partial charge on any atom is 0.315 e. The van der Waals surface area contributed by atoms with Gasteiger partial charge in [0.05, 0.1) is 11.2 Å². The fourth-order valence-electron chi connectivity index (χ4n) is 2.40. The molecule has 0 bridgehead atoms. The van der Waals surface area contributed by atoms with Gasteiger partial charge in [-0.2, -0.15) is 0 Å². The third-order valence-corrected chi connectivity index (χ3v) is 4.76. The number of hydrogen-bond donors (Lipinski definition) is 3. The number of carbonyl (C=O) groups excluding carboxylic acids is 1. The van der Waals surface area contributed by atoms with Gasteiger partial charge in [-0.15, -0.1) is 0 Å². The number of carboxylic acid groups (broad SMARTS) is 1. The van der Waals surface area contributed by atoms with E-state index in [1.807, 2.05) is 0 Å². The van der Waals surface area contributed by atoms with Crippen LogP contribution in [0.15, 0.2) is 0 Å². The van der Waals surface area contributed by atoms with Crippen LogP contribution in [0.2, 0.25) is 0 Å². The summed E-state index contributed by atoms with van der Waals surface area (Å²) in [5.74, 6) is -0.888. The minimum atomic E-state index is -3.02. The lowest BCUT2D eigenvalue weighted by Gasteiger charge is -2.27. The van der Waals surface area contributed by atoms with Crippen LogP contribution in [0, 0.1) is 5.41 Å². The molecule has 1 aliphatic carbocycles. The molecule has 116 valence electrons. The molecule has 3 N–H and O–H groups in total. The van der Waals surface area contributed by atoms with Crippen molar-refractivity contribution < 1.29 is 23.1 Å². The fraction of sp³-hybridized carbons (Fsp3) is 0.833. The average Bonchev–Trinajstić information content (AvgIpc) is 2.67. The van der Waals surface area contributed by atoms with E-state index < -0.39 is 33.3 Å². The second-order valence-electron chi connectivity index (χ2n) is 5.55. The summed E-state index contributed by atoms with van der Waals surface area (Å²) >= 11 is 0. The Hall–Kier alpha value is -1.31. The van der Waals surface area contributed by atoms with E-state index in [0.29, 0.717) is 19.3 Å². The Bertz CT molecular complexity index is 476. The summed E-state index contributed by atoms with van der Waals surface area (Å²) < 4.78 is 21.8. The van der Waals surface area contributed by atoms with Crippen molar-refractivity contribution in [1.29, 1.82) is 0 Å². The number of sulfone groups is 1. The molecule has 0 aromatic rings. The summed E-state index contributed by atoms with van der Waals surface area (Å²) in [6.45, 7) is 1.88. The van der Waals surface area contributed by atoms with Crippen molar-refractivity contribution in [1.82, 2.24) is 10.6 Å². The van der Waals surface area contributed by atoms with Crippen molar-refractivity contribution in [2.45, 2.75) is 38.6 Å². The van der Waals surface area contributed by atoms with Gasteiger partial charge in [0.25, 0.3) is 0 Å². The number of carboxylic acids is 1. The number of amides is 2. The summed E-state index contributed by atoms with van der Waals surface area (Å²) in [5, 5.41) is 14.4. The molecule has 20 heavy (non-hydrogen) atoms. The normalized spacial score (nSPS) is 26.2. The Morgan fingerprint density at radius 1 is 1.40 bits per heavy atom. The van der Waals surface area contributed by atoms with Gasteiger partial charge < -0.3 is 15.7 Å². The lowest BCUT2D eigenvalue weighted by molar-refractivity contribution is -0.148. The molecule has 1 saturated carbocycles. The van der Waals surface area contributed by atoms with Crippen LogP contribution in [0.5, 0.6) is 0 Å². The van der Waals surface area contributed by atoms with Gasteiger partial charge >= 0.3 is 12.0 Å². The molecule has 0 aromatic heterocycles. The first-order valence-electron chi connectivity index (χ1n) is 6.60. The standard InChI is InChI=1S/C12H22N2O5S/c1-12(10(15)16)6-3-5-9(12)14-11(17)13-7-4-8-20(2,18)19/h9H,3-8H2,1-2H3,(H,15,16)(H2,13,14,17). The van der Waals surface area contributed by atoms with Gasteiger partial charge in [0.2, 0.25) is 0 Å². The van der Waals surface area contributed by atoms with E-state index >= 15 is 0 Å². The Labute approximate surface area is 119 Å². The van der Waals surface area contributed by atoms with E-state index in [1.165, 1.54) is 0 Å². The van der Waals surface area contributed by atoms with Gasteiger partial charge in [-0.3, -0.25) is 4.79 Å². The minimum absolute atomic E-state index is 0.0174. The molecule has 2 unspecified atom stereocenters. The van der Waals surface area contributed by atoms with Crippen molar-refractivity contribution in [2.75, 3.05) is 18.6 Å². The summed E-state index contributed by atoms with van der Waals surface area (Å²) in [6, 6.07) is -0.840. The number of hydrogen-bond acceptors (Lipinski definition) is 4. The van der Waals surface area contributed by atoms with Crippen LogP contribution >= 0.6 is 0 Å². The molecule has 0 heterocycles. The maximum absolute atomic E-state index is 11.7. The number of nitrogens with one attached hydrogen (secondary N) is 2. The van der Waals surface area contributed by atoms with E-state index in [2.05, 4.69) is 10.6 Å². The topological polar surface area (TPSA) is 113 Å². The van der Waals surface area contributed by atoms with Gasteiger partial charge in [-0.1, -0.05) is 6.42 Å². The van der Waals surface area contributed by atoms with Crippen LogP contribution in [0.3, 0.4) is 0 Å². The zero-order chi connectivity index (χ0) is 15.4. The van der Waals surface area contributed by atoms with Crippen LogP contribution in [0.4, 0.5) is 4.79 Å². The van der Waals surface area contributed by atoms with E-state index in [4.69, 9.17) is 0 Å². The zero-order valence-corrected chi connectivity index (χ0v) is 12.6. The molecular weight excluding hydrogens is 284 g/mol. The number of carbonyl (C=O) groups is 2. The molecule has 1 fully saturated rings. The van der Waals surface area contributed by atoms with Crippen LogP contribution in [-0.2, 0) is 14.6 Å². The van der Waals surface area contributed by atoms with Crippen molar-refractivity contribution >= 4 is 21.8 Å². The Morgan fingerprint density at radius 2 is 2.05 bits per heavy atom. The molecule has 0 aromatic carbocycles. The Morgan fingerprint density at radius 3 is 2.60 bits per heavy atom. The van der Waals surface area contributed by atoms with Crippen LogP contribution < -0.4 is 10.6 Å². The van der Waals surface area contributed by atoms with Crippen molar-refractivity contribution in [3.05, 3.63) is 0 Å². The molecule has 0 spiro atoms. The average molecular weight is 306 g/mol. The van der Waals surface area contributed by atoms with Crippen molar-refractivity contribution in [3.8, 4) is 0 Å². The SMILES string of the molecule is CC1(C(=O)O)CCCC1NC(=O)NCCCS(C)(=O)=O. The van der Waals surface area contributed by atoms with E-state index in [-0.39, 0.29) is 12.3 Å². The summed E-state index contributed by atoms with van der Waals surface area (Å²) in [6.07, 6.45) is 3.43. The van der Waals surface area contributed by atoms with Crippen LogP contribution in [-0.4, -0.2) is 50.1 Å². The van der Waals surface area contributed by atoms with E-state index in [0.717, 1.165) is 12.7 Å². The molecule has 0 radical (unpaired) electrons. The summed E-state index contributed by atoms with van der Waals surface area (Å²) in [7, 11) is -3.02. The second kappa shape index (κ2) is 6.43. The lowest BCUT2D eigenvalue weighted by Crippen LogP contribution is -2.50. The van der Waals surface area contributed by atoms with Gasteiger partial charge in [0.15, 0.2) is 0 Å². The summed E-state index contributed by atoms with van der Waals surface area (Å²) in [5.41, 5.74) is -0.926. The maximum atomic E-state index is 11.7. The Balaban J connectivity index is 2.37. The Kier molecular flexibility index (Phi) is 5.38. The highest BCUT2D eigenvalue weighted by Crippen LogP contribution is 2.38. The molecule has 8 heteroatoms. The third kappa shape index (κ3) is 4.66. The second-order valence-corrected chi connectivity index (χ2v) is 7.81. The predicted octanol–water partition coefficient (Wildman–Crippen LogP) is 0.364. The van der Waals surface area contributed by atoms with E-state index in [9.17, 15) is 23.1 Å². The minimum Gasteiger partial charge on any atom is -0.481 e. The molecule has 7 nitrogen and oxygen atoms in total. The number of urea groups is 1. The first-order chi connectivity index (χ1) is 9.15. The van der Waals surface area contributed by atoms with Gasteiger partial charge in [0, 0.05) is 18.8 Å². The lowest BCUT2D eigenvalue weighted by atomic mass is 9.85. The van der Waals surface area contributed by atoms with Crippen molar-refractivity contribution in [2.24, 2.45) is 5.41 Å². The zero-order valence-electron chi connectivity index (χ0n) is 11.8. The largest absolute Gasteiger partial charge is 0.481 e. The van der Waals surface area contributed by atoms with Gasteiger partial charge in [0.1, 0.15) is 9.84 Å². The van der Waals surface area contributed by atoms with Crippen LogP contribution in [0.1, 0.15) is 32.6 Å². The van der Waals surface area contributed by atoms with Crippen LogP contribution in [0.25, 0.3) is 0 Å². The molecular formula is C12H22N2O5S. The third-order valence-electron chi connectivity index (χ3n) is 3.73. The molecule has 0 aliphatic heterocycles. The smallest absolute Gasteiger partial charge is 0.315 e. The summed E-state index contributed by atoms with van der Waals surface area (Å²) in [4.78, 5) is 22.9. The van der Waals surface area contributed by atoms with Crippen molar-refractivity contribution in [3.63, 3.8) is 0 Å². The highest BCUT2D eigenvalue weighted by molar-refractivity contribution is 7.90. The van der Waals surface area contributed by atoms with E-state index in [1.54, 1.807) is 6.92 Å². The molecule has 0 saturated heterocycles. The van der Waals surface area contributed by atoms with Gasteiger partial charge in [-0.05, 0) is 26.2 Å². The molecule has 2 amide bonds. The molecule has 1 aliphatic rings. The highest BCUT2D eigenvalue weighted by atomic mass is 32.2. The first-order valence-corrected chi connectivity index (χ1v) is 8.67. The number of rotatable bonds is 6. The molecule has 1 rings (SSSR count). The van der Waals surface area contributed by atoms with Gasteiger partial charge in [-0.25, -0.2) is 13.2 Å². The predicted molar refractivity (Wildman–Crippen MR) is 74.2 cm³/mol. The number of aliphatic carboxylic acids is 1. The fourth-order valence-corrected chi connectivity index (χ4v) is 3.07. The monoisotopic (exact) mass is 306 g/mol. The first kappa shape index (κ1) is 16.7. The highest BCUT2D eigenvalue weighted by Gasteiger charge is 2.45.